The maximum absolute atomic E-state index is 13.5. The lowest BCUT2D eigenvalue weighted by atomic mass is 10.1. The van der Waals surface area contributed by atoms with Gasteiger partial charge in [-0.15, -0.1) is 0 Å². The molecule has 7 amide bonds. The van der Waals surface area contributed by atoms with Crippen molar-refractivity contribution in [2.75, 3.05) is 44.1 Å². The molecule has 0 radical (unpaired) electrons. The SMILES string of the molecule is CN(C)C(=O)C(=O)O.Cc1cccc(N(C(=O)C(=O)N(C)C)c2nc(C(=O)NCc3cc(Cl)cc(Cl)c3)c(O)c3ncccc23)c1.Cc1cccc(N)c1.Cc1cccc(Nc2nc(C(=O)NCc3cc(Cl)cc(Cl)c3)c(O)c3ncccc23)c1.O=C(NCc1cc(Cl)cc(Cl)c1)c1nc(Br)c2cccnc2c1O.O=C(NCc1cc(Cl)cc(Cl)c1)c1ncc2cccnc2c1O.O=C1OC(=O)c2ncccc21. The molecule has 43 heteroatoms. The van der Waals surface area contributed by atoms with E-state index in [0.29, 0.717) is 89.0 Å². The number of aromatic nitrogens is 9. The van der Waals surface area contributed by atoms with Gasteiger partial charge in [0, 0.05) is 165 Å². The van der Waals surface area contributed by atoms with Gasteiger partial charge < -0.3 is 72.4 Å². The maximum Gasteiger partial charge on any atom is 0.394 e. The van der Waals surface area contributed by atoms with Crippen molar-refractivity contribution in [2.24, 2.45) is 0 Å². The van der Waals surface area contributed by atoms with E-state index < -0.39 is 65.0 Å². The summed E-state index contributed by atoms with van der Waals surface area (Å²) in [5.41, 5.74) is 14.0. The second kappa shape index (κ2) is 50.0. The Morgan fingerprint density at radius 3 is 1.21 bits per heavy atom. The summed E-state index contributed by atoms with van der Waals surface area (Å²) in [6.45, 7) is 6.45. The van der Waals surface area contributed by atoms with Crippen LogP contribution in [0.1, 0.15) is 102 Å². The molecule has 16 aromatic rings. The Morgan fingerprint density at radius 1 is 0.392 bits per heavy atom. The van der Waals surface area contributed by atoms with Crippen LogP contribution >= 0.6 is 109 Å². The number of nitrogens with zero attached hydrogens (tertiary/aromatic N) is 12. The van der Waals surface area contributed by atoms with Crippen molar-refractivity contribution in [1.82, 2.24) is 75.9 Å². The van der Waals surface area contributed by atoms with Gasteiger partial charge in [-0.25, -0.2) is 39.3 Å². The molecular weight excluding hydrogens is 2070 g/mol. The van der Waals surface area contributed by atoms with Gasteiger partial charge >= 0.3 is 35.6 Å². The van der Waals surface area contributed by atoms with E-state index in [9.17, 15) is 68.4 Å². The summed E-state index contributed by atoms with van der Waals surface area (Å²) in [7, 11) is 5.69. The number of aryl methyl sites for hydroxylation is 3. The third kappa shape index (κ3) is 29.3. The number of aliphatic carboxylic acids is 1. The summed E-state index contributed by atoms with van der Waals surface area (Å²) in [5, 5.41) is 69.8. The molecule has 17 rings (SSSR count). The number of amides is 7. The number of carbonyl (C=O) groups is 10. The van der Waals surface area contributed by atoms with E-state index in [1.165, 1.54) is 70.8 Å². The monoisotopic (exact) mass is 2150 g/mol. The number of anilines is 5. The Balaban J connectivity index is 0.000000169. The number of hydrogen-bond donors (Lipinski definition) is 11. The molecule has 0 fully saturated rings. The van der Waals surface area contributed by atoms with Crippen LogP contribution in [0, 0.1) is 20.8 Å². The summed E-state index contributed by atoms with van der Waals surface area (Å²) >= 11 is 51.1. The van der Waals surface area contributed by atoms with Crippen molar-refractivity contribution in [1.29, 1.82) is 0 Å². The lowest BCUT2D eigenvalue weighted by Crippen LogP contribution is -2.41. The van der Waals surface area contributed by atoms with Crippen LogP contribution in [0.5, 0.6) is 23.0 Å². The molecule has 0 unspecified atom stereocenters. The van der Waals surface area contributed by atoms with Crippen molar-refractivity contribution in [3.05, 3.63) is 361 Å². The van der Waals surface area contributed by atoms with Gasteiger partial charge in [-0.1, -0.05) is 129 Å². The summed E-state index contributed by atoms with van der Waals surface area (Å²) < 4.78 is 4.72. The number of aromatic hydroxyl groups is 4. The highest BCUT2D eigenvalue weighted by atomic mass is 79.9. The summed E-state index contributed by atoms with van der Waals surface area (Å²) in [4.78, 5) is 159. The van der Waals surface area contributed by atoms with Crippen LogP contribution in [0.2, 0.25) is 40.2 Å². The van der Waals surface area contributed by atoms with Crippen LogP contribution in [0.25, 0.3) is 43.6 Å². The quantitative estimate of drug-likeness (QED) is 0.0141. The molecule has 0 spiro atoms. The molecule has 0 atom stereocenters. The van der Waals surface area contributed by atoms with Crippen LogP contribution < -0.4 is 37.2 Å². The zero-order chi connectivity index (χ0) is 104. The molecule has 0 aliphatic carbocycles. The number of nitrogens with two attached hydrogens (primary N) is 1. The molecule has 143 heavy (non-hydrogen) atoms. The van der Waals surface area contributed by atoms with Gasteiger partial charge in [-0.05, 0) is 246 Å². The van der Waals surface area contributed by atoms with Gasteiger partial charge in [0.2, 0.25) is 0 Å². The fourth-order valence-electron chi connectivity index (χ4n) is 13.2. The number of likely N-dealkylation sites (N-methyl/N-ethyl adjacent to an activating group) is 2. The van der Waals surface area contributed by atoms with Crippen LogP contribution in [0.3, 0.4) is 0 Å². The van der Waals surface area contributed by atoms with E-state index in [4.69, 9.17) is 104 Å². The second-order valence-electron chi connectivity index (χ2n) is 31.0. The van der Waals surface area contributed by atoms with Crippen LogP contribution in [-0.2, 0) is 50.1 Å². The van der Waals surface area contributed by atoms with Crippen LogP contribution in [-0.4, -0.2) is 168 Å². The number of nitrogen functional groups attached to an aromatic ring is 1. The predicted octanol–water partition coefficient (Wildman–Crippen LogP) is 19.3. The van der Waals surface area contributed by atoms with E-state index in [1.54, 1.807) is 152 Å². The zero-order valence-corrected chi connectivity index (χ0v) is 83.6. The first-order valence-electron chi connectivity index (χ1n) is 42.0. The second-order valence-corrected chi connectivity index (χ2v) is 35.2. The molecule has 730 valence electrons. The summed E-state index contributed by atoms with van der Waals surface area (Å²) in [6, 6.07) is 59.1. The number of halogens is 9. The molecular formula is C100H81BrCl8N18O16. The van der Waals surface area contributed by atoms with Crippen LogP contribution in [0.4, 0.5) is 28.7 Å². The molecule has 1 aliphatic rings. The van der Waals surface area contributed by atoms with Gasteiger partial charge in [0.15, 0.2) is 57.3 Å². The molecule has 0 bridgehead atoms. The number of cyclic esters (lactones) is 2. The first-order chi connectivity index (χ1) is 68.1. The Kier molecular flexibility index (Phi) is 37.7. The van der Waals surface area contributed by atoms with E-state index in [0.717, 1.165) is 53.9 Å². The number of pyridine rings is 9. The minimum atomic E-state index is -1.42. The topological polar surface area (TPSA) is 493 Å². The summed E-state index contributed by atoms with van der Waals surface area (Å²) in [5.74, 6) is -8.50. The van der Waals surface area contributed by atoms with Gasteiger partial charge in [0.1, 0.15) is 32.5 Å². The molecule has 34 nitrogen and oxygen atoms in total. The smallest absolute Gasteiger partial charge is 0.394 e. The van der Waals surface area contributed by atoms with Crippen molar-refractivity contribution in [3.8, 4) is 23.0 Å². The average molecular weight is 2150 g/mol. The Labute approximate surface area is 863 Å². The molecule has 0 saturated heterocycles. The molecule has 1 aliphatic heterocycles. The Morgan fingerprint density at radius 2 is 0.776 bits per heavy atom. The average Bonchev–Trinajstić information content (AvgIpc) is 1.25. The molecule has 12 N–H and O–H groups in total. The minimum Gasteiger partial charge on any atom is -0.504 e. The molecule has 7 aromatic carbocycles. The largest absolute Gasteiger partial charge is 0.504 e. The first kappa shape index (κ1) is 108. The normalized spacial score (nSPS) is 10.8. The number of benzene rings is 7. The standard InChI is InChI=1S/C27H23Cl2N5O4.C23H18Cl2N4O2.C16H10BrCl2N3O2.C16H11Cl2N3O2.C7H3NO3.C7H9N.C4H7NO3/c1-15-6-4-7-19(10-15)34(27(38)26(37)33(2)3)24-20-8-5-9-30-21(20)23(35)22(32-24)25(36)31-14-16-11-17(28)13-18(29)12-16;1-13-4-2-5-17(8-13)28-22-18-6-3-7-26-19(18)21(30)20(29-22)23(31)27-12-14-9-15(24)11-16(25)10-14;17-15-11-2-1-3-20-12(11)14(23)13(22-15)16(24)21-7-8-4-9(18)6-10(19)5-8;17-11-4-9(5-12(18)6-11)7-21-16(23)14-15(22)13-10(8-20-14)2-1-3-19-13;9-6-4-2-1-3-8-5(4)7(10)11-6;1-6-3-2-4-7(8)5-6;1-5(2)3(6)4(7)8/h4-13,35H,14H2,1-3H3,(H,31,36);2-11,30H,12H2,1H3,(H,27,31)(H,28,29);1-6,23H,7H2,(H,21,24);1-6,8,22H,7H2,(H,21,23);1-3H;2-5H,8H2,1H3;1-2H3,(H,7,8). The number of carboxylic acids is 1. The highest BCUT2D eigenvalue weighted by molar-refractivity contribution is 9.10. The van der Waals surface area contributed by atoms with Crippen molar-refractivity contribution in [2.45, 2.75) is 47.0 Å². The van der Waals surface area contributed by atoms with E-state index in [2.05, 4.69) is 92.1 Å². The van der Waals surface area contributed by atoms with Gasteiger partial charge in [0.05, 0.1) is 11.3 Å². The van der Waals surface area contributed by atoms with E-state index in [1.807, 2.05) is 75.4 Å². The fourth-order valence-corrected chi connectivity index (χ4v) is 16.0. The lowest BCUT2D eigenvalue weighted by molar-refractivity contribution is -0.154. The fraction of sp³-hybridized carbons (Fsp3) is 0.110. The van der Waals surface area contributed by atoms with E-state index >= 15 is 0 Å². The third-order valence-corrected chi connectivity index (χ3v) is 22.1. The highest BCUT2D eigenvalue weighted by Gasteiger charge is 2.34. The number of nitrogens with one attached hydrogen (secondary N) is 5. The zero-order valence-electron chi connectivity index (χ0n) is 76.0. The first-order valence-corrected chi connectivity index (χ1v) is 45.8. The minimum absolute atomic E-state index is 0.0346. The number of carboxylic acid groups (broad SMARTS) is 1. The summed E-state index contributed by atoms with van der Waals surface area (Å²) in [6.07, 6.45) is 8.99. The van der Waals surface area contributed by atoms with Gasteiger partial charge in [-0.2, -0.15) is 0 Å². The number of rotatable bonds is 16. The molecule has 9 aromatic heterocycles. The van der Waals surface area contributed by atoms with Crippen molar-refractivity contribution < 1.29 is 78.2 Å². The van der Waals surface area contributed by atoms with Crippen molar-refractivity contribution in [3.63, 3.8) is 0 Å². The lowest BCUT2D eigenvalue weighted by Gasteiger charge is -2.25. The number of esters is 2. The highest BCUT2D eigenvalue weighted by Crippen LogP contribution is 2.39. The maximum atomic E-state index is 13.5. The number of carbonyl (C=O) groups excluding carboxylic acids is 9. The number of hydrogen-bond acceptors (Lipinski definition) is 26. The molecule has 10 heterocycles. The number of fused-ring (bicyclic) bond motifs is 5. The third-order valence-electron chi connectivity index (χ3n) is 19.7. The number of ether oxygens (including phenoxy) is 1. The van der Waals surface area contributed by atoms with Gasteiger partial charge in [0.25, 0.3) is 23.6 Å². The molecule has 0 saturated carbocycles. The van der Waals surface area contributed by atoms with Crippen LogP contribution in [0.15, 0.2) is 248 Å². The Hall–Kier alpha value is -15.6. The van der Waals surface area contributed by atoms with Gasteiger partial charge in [-0.3, -0.25) is 58.4 Å². The van der Waals surface area contributed by atoms with E-state index in [-0.39, 0.29) is 99.7 Å². The van der Waals surface area contributed by atoms with Crippen molar-refractivity contribution >= 4 is 240 Å². The predicted molar refractivity (Wildman–Crippen MR) is 550 cm³/mol. The Bertz CT molecular complexity index is 7480.